The summed E-state index contributed by atoms with van der Waals surface area (Å²) in [6.07, 6.45) is 3.40. The molecule has 2 atom stereocenters. The van der Waals surface area contributed by atoms with Gasteiger partial charge in [0.05, 0.1) is 18.0 Å². The molecule has 31 heavy (non-hydrogen) atoms. The summed E-state index contributed by atoms with van der Waals surface area (Å²) in [5, 5.41) is 2.81. The van der Waals surface area contributed by atoms with Crippen LogP contribution >= 0.6 is 0 Å². The number of nitrogens with zero attached hydrogens (tertiary/aromatic N) is 2. The molecule has 0 aromatic heterocycles. The SMILES string of the molecule is C[C@H]1CCCN(c2ccc([C@H](C)NC(=O)CN(c3ccccc3F)S(C)(=O)=O)cc2)C1. The molecule has 168 valence electrons. The van der Waals surface area contributed by atoms with Gasteiger partial charge >= 0.3 is 0 Å². The van der Waals surface area contributed by atoms with Crippen LogP contribution < -0.4 is 14.5 Å². The summed E-state index contributed by atoms with van der Waals surface area (Å²) in [5.41, 5.74) is 1.93. The van der Waals surface area contributed by atoms with Crippen LogP contribution in [0.25, 0.3) is 0 Å². The third kappa shape index (κ3) is 5.97. The van der Waals surface area contributed by atoms with Gasteiger partial charge in [-0.05, 0) is 55.5 Å². The Hall–Kier alpha value is -2.61. The number of hydrogen-bond donors (Lipinski definition) is 1. The Labute approximate surface area is 184 Å². The lowest BCUT2D eigenvalue weighted by Gasteiger charge is -2.33. The van der Waals surface area contributed by atoms with E-state index in [9.17, 15) is 17.6 Å². The summed E-state index contributed by atoms with van der Waals surface area (Å²) in [4.78, 5) is 14.9. The minimum atomic E-state index is -3.83. The molecule has 0 bridgehead atoms. The second-order valence-electron chi connectivity index (χ2n) is 8.30. The lowest BCUT2D eigenvalue weighted by molar-refractivity contribution is -0.120. The molecule has 2 aromatic carbocycles. The largest absolute Gasteiger partial charge is 0.371 e. The zero-order valence-electron chi connectivity index (χ0n) is 18.2. The molecule has 1 fully saturated rings. The third-order valence-electron chi connectivity index (χ3n) is 5.60. The summed E-state index contributed by atoms with van der Waals surface area (Å²) < 4.78 is 39.2. The van der Waals surface area contributed by atoms with E-state index in [1.54, 1.807) is 0 Å². The van der Waals surface area contributed by atoms with Crippen LogP contribution in [0.2, 0.25) is 0 Å². The van der Waals surface area contributed by atoms with Gasteiger partial charge in [0.2, 0.25) is 15.9 Å². The van der Waals surface area contributed by atoms with E-state index in [0.29, 0.717) is 5.92 Å². The molecule has 1 saturated heterocycles. The summed E-state index contributed by atoms with van der Waals surface area (Å²) in [5.74, 6) is -0.523. The average molecular weight is 448 g/mol. The molecule has 1 aliphatic heterocycles. The highest BCUT2D eigenvalue weighted by molar-refractivity contribution is 7.92. The smallest absolute Gasteiger partial charge is 0.241 e. The van der Waals surface area contributed by atoms with E-state index < -0.39 is 28.3 Å². The van der Waals surface area contributed by atoms with E-state index in [1.807, 2.05) is 19.1 Å². The van der Waals surface area contributed by atoms with Gasteiger partial charge in [-0.15, -0.1) is 0 Å². The second-order valence-corrected chi connectivity index (χ2v) is 10.2. The Morgan fingerprint density at radius 1 is 1.23 bits per heavy atom. The first-order valence-corrected chi connectivity index (χ1v) is 12.4. The number of para-hydroxylation sites is 1. The fourth-order valence-electron chi connectivity index (χ4n) is 3.93. The van der Waals surface area contributed by atoms with E-state index in [-0.39, 0.29) is 11.7 Å². The van der Waals surface area contributed by atoms with Crippen molar-refractivity contribution in [2.45, 2.75) is 32.7 Å². The van der Waals surface area contributed by atoms with Gasteiger partial charge in [-0.1, -0.05) is 31.2 Å². The number of hydrogen-bond acceptors (Lipinski definition) is 4. The van der Waals surface area contributed by atoms with Crippen molar-refractivity contribution in [1.82, 2.24) is 5.32 Å². The molecule has 0 aliphatic carbocycles. The number of nitrogens with one attached hydrogen (secondary N) is 1. The van der Waals surface area contributed by atoms with Crippen LogP contribution in [0.4, 0.5) is 15.8 Å². The van der Waals surface area contributed by atoms with Crippen LogP contribution in [0.5, 0.6) is 0 Å². The molecule has 0 saturated carbocycles. The first-order valence-electron chi connectivity index (χ1n) is 10.5. The standard InChI is InChI=1S/C23H30FN3O3S/c1-17-7-6-14-26(15-17)20-12-10-19(11-13-20)18(2)25-23(28)16-27(31(3,29)30)22-9-5-4-8-21(22)24/h4-5,8-13,17-18H,6-7,14-16H2,1-3H3,(H,25,28)/t17-,18-/m0/s1. The number of piperidine rings is 1. The lowest BCUT2D eigenvalue weighted by atomic mass is 9.99. The summed E-state index contributed by atoms with van der Waals surface area (Å²) in [6, 6.07) is 13.2. The third-order valence-corrected chi connectivity index (χ3v) is 6.73. The first kappa shape index (κ1) is 23.1. The van der Waals surface area contributed by atoms with Gasteiger partial charge in [-0.25, -0.2) is 12.8 Å². The molecule has 2 aromatic rings. The van der Waals surface area contributed by atoms with Gasteiger partial charge in [0.25, 0.3) is 0 Å². The Bertz CT molecular complexity index is 1010. The van der Waals surface area contributed by atoms with Crippen LogP contribution in [0.15, 0.2) is 48.5 Å². The van der Waals surface area contributed by atoms with Gasteiger partial charge in [0.1, 0.15) is 12.4 Å². The normalized spacial score (nSPS) is 17.8. The van der Waals surface area contributed by atoms with E-state index >= 15 is 0 Å². The minimum absolute atomic E-state index is 0.145. The highest BCUT2D eigenvalue weighted by Crippen LogP contribution is 2.25. The summed E-state index contributed by atoms with van der Waals surface area (Å²) in [7, 11) is -3.83. The van der Waals surface area contributed by atoms with Crippen molar-refractivity contribution >= 4 is 27.3 Å². The first-order chi connectivity index (χ1) is 14.6. The van der Waals surface area contributed by atoms with Gasteiger partial charge in [-0.2, -0.15) is 0 Å². The average Bonchev–Trinajstić information content (AvgIpc) is 2.72. The van der Waals surface area contributed by atoms with Gasteiger partial charge in [0.15, 0.2) is 0 Å². The topological polar surface area (TPSA) is 69.7 Å². The van der Waals surface area contributed by atoms with Crippen LogP contribution in [0, 0.1) is 11.7 Å². The quantitative estimate of drug-likeness (QED) is 0.703. The van der Waals surface area contributed by atoms with E-state index in [1.165, 1.54) is 37.1 Å². The van der Waals surface area contributed by atoms with Crippen molar-refractivity contribution in [3.8, 4) is 0 Å². The van der Waals surface area contributed by atoms with Gasteiger partial charge in [0, 0.05) is 18.8 Å². The number of carbonyl (C=O) groups excluding carboxylic acids is 1. The highest BCUT2D eigenvalue weighted by atomic mass is 32.2. The molecule has 3 rings (SSSR count). The molecule has 0 spiro atoms. The van der Waals surface area contributed by atoms with Crippen molar-refractivity contribution in [2.75, 3.05) is 35.1 Å². The molecule has 1 aliphatic rings. The molecule has 1 amide bonds. The number of halogens is 1. The number of sulfonamides is 1. The van der Waals surface area contributed by atoms with Crippen molar-refractivity contribution in [1.29, 1.82) is 0 Å². The van der Waals surface area contributed by atoms with Crippen molar-refractivity contribution < 1.29 is 17.6 Å². The number of carbonyl (C=O) groups is 1. The Morgan fingerprint density at radius 2 is 1.90 bits per heavy atom. The second kappa shape index (κ2) is 9.68. The molecule has 6 nitrogen and oxygen atoms in total. The molecule has 0 radical (unpaired) electrons. The van der Waals surface area contributed by atoms with Crippen molar-refractivity contribution in [3.63, 3.8) is 0 Å². The van der Waals surface area contributed by atoms with E-state index in [2.05, 4.69) is 29.3 Å². The summed E-state index contributed by atoms with van der Waals surface area (Å²) in [6.45, 7) is 5.70. The maximum Gasteiger partial charge on any atom is 0.241 e. The van der Waals surface area contributed by atoms with Gasteiger partial charge in [-0.3, -0.25) is 9.10 Å². The van der Waals surface area contributed by atoms with E-state index in [4.69, 9.17) is 0 Å². The van der Waals surface area contributed by atoms with Crippen molar-refractivity contribution in [2.24, 2.45) is 5.92 Å². The molecule has 1 N–H and O–H groups in total. The Kier molecular flexibility index (Phi) is 7.20. The van der Waals surface area contributed by atoms with Gasteiger partial charge < -0.3 is 10.2 Å². The predicted molar refractivity (Wildman–Crippen MR) is 122 cm³/mol. The number of anilines is 2. The number of benzene rings is 2. The zero-order chi connectivity index (χ0) is 22.6. The fourth-order valence-corrected chi connectivity index (χ4v) is 4.79. The van der Waals surface area contributed by atoms with Crippen LogP contribution in [-0.2, 0) is 14.8 Å². The molecule has 1 heterocycles. The van der Waals surface area contributed by atoms with Crippen molar-refractivity contribution in [3.05, 3.63) is 59.9 Å². The zero-order valence-corrected chi connectivity index (χ0v) is 19.0. The number of amides is 1. The van der Waals surface area contributed by atoms with Crippen LogP contribution in [0.1, 0.15) is 38.3 Å². The predicted octanol–water partition coefficient (Wildman–Crippen LogP) is 3.71. The fraction of sp³-hybridized carbons (Fsp3) is 0.435. The molecule has 0 unspecified atom stereocenters. The molecule has 8 heteroatoms. The number of rotatable bonds is 7. The summed E-state index contributed by atoms with van der Waals surface area (Å²) >= 11 is 0. The Balaban J connectivity index is 1.66. The maximum atomic E-state index is 14.1. The highest BCUT2D eigenvalue weighted by Gasteiger charge is 2.24. The Morgan fingerprint density at radius 3 is 2.52 bits per heavy atom. The molecular formula is C23H30FN3O3S. The molecular weight excluding hydrogens is 417 g/mol. The lowest BCUT2D eigenvalue weighted by Crippen LogP contribution is -2.41. The monoisotopic (exact) mass is 447 g/mol. The maximum absolute atomic E-state index is 14.1. The minimum Gasteiger partial charge on any atom is -0.371 e. The van der Waals surface area contributed by atoms with Crippen LogP contribution in [0.3, 0.4) is 0 Å². The van der Waals surface area contributed by atoms with E-state index in [0.717, 1.165) is 34.9 Å². The van der Waals surface area contributed by atoms with Crippen LogP contribution in [-0.4, -0.2) is 40.2 Å².